The van der Waals surface area contributed by atoms with Crippen molar-refractivity contribution in [2.45, 2.75) is 81.8 Å². The Labute approximate surface area is 271 Å². The van der Waals surface area contributed by atoms with Crippen molar-refractivity contribution >= 4 is 23.7 Å². The molecule has 3 aliphatic rings. The van der Waals surface area contributed by atoms with Crippen molar-refractivity contribution in [1.29, 1.82) is 0 Å². The molecule has 1 aromatic rings. The molecule has 0 aliphatic carbocycles. The standard InChI is InChI=1S/C35H49N3O8/c1-5-8-13-20-37(19-7-3)33(42)31-35-18-17-26(46-35)28(29(35)32(41)38(31)21-22-39)34(43)45-30(24-14-11-10-12-15-24)25(23-44-4)36-27(40)16-9-6-2/h6-7,10-12,14-15,25-26,28-31,39H,2-3,5,8-9,13,16-23H2,1,4H3,(H,36,40)/t25-,26+,28-,29-,30-,31+,35-/m0/s1. The first-order valence-corrected chi connectivity index (χ1v) is 16.4. The molecular weight excluding hydrogens is 590 g/mol. The lowest BCUT2D eigenvalue weighted by Crippen LogP contribution is -2.56. The van der Waals surface area contributed by atoms with Crippen molar-refractivity contribution in [3.05, 3.63) is 61.2 Å². The molecule has 0 unspecified atom stereocenters. The number of nitrogens with one attached hydrogen (secondary N) is 1. The van der Waals surface area contributed by atoms with E-state index in [0.29, 0.717) is 37.9 Å². The molecular formula is C35H49N3O8. The second-order valence-corrected chi connectivity index (χ2v) is 12.3. The molecule has 7 atom stereocenters. The molecule has 2 N–H and O–H groups in total. The van der Waals surface area contributed by atoms with Gasteiger partial charge in [0.05, 0.1) is 37.2 Å². The van der Waals surface area contributed by atoms with Crippen LogP contribution in [-0.4, -0.2) is 102 Å². The van der Waals surface area contributed by atoms with Crippen LogP contribution in [-0.2, 0) is 33.4 Å². The molecule has 1 spiro atoms. The van der Waals surface area contributed by atoms with Gasteiger partial charge in [0.2, 0.25) is 17.7 Å². The maximum atomic E-state index is 14.2. The van der Waals surface area contributed by atoms with Crippen LogP contribution in [0.3, 0.4) is 0 Å². The first-order chi connectivity index (χ1) is 22.3. The zero-order valence-corrected chi connectivity index (χ0v) is 27.1. The number of benzene rings is 1. The number of methoxy groups -OCH3 is 1. The van der Waals surface area contributed by atoms with E-state index in [-0.39, 0.29) is 38.0 Å². The lowest BCUT2D eigenvalue weighted by molar-refractivity contribution is -0.163. The molecule has 11 heteroatoms. The number of hydrogen-bond acceptors (Lipinski definition) is 8. The third-order valence-electron chi connectivity index (χ3n) is 9.34. The van der Waals surface area contributed by atoms with E-state index in [2.05, 4.69) is 25.4 Å². The number of β-amino-alcohol motifs (C(OH)–C–C–N with tert-alkyl or cyclic N) is 1. The molecule has 0 radical (unpaired) electrons. The summed E-state index contributed by atoms with van der Waals surface area (Å²) in [6, 6.07) is 7.39. The molecule has 0 saturated carbocycles. The van der Waals surface area contributed by atoms with Crippen LogP contribution in [0.15, 0.2) is 55.6 Å². The number of amides is 3. The van der Waals surface area contributed by atoms with Gasteiger partial charge < -0.3 is 34.4 Å². The van der Waals surface area contributed by atoms with Crippen molar-refractivity contribution in [1.82, 2.24) is 15.1 Å². The third-order valence-corrected chi connectivity index (χ3v) is 9.34. The van der Waals surface area contributed by atoms with Gasteiger partial charge in [0.1, 0.15) is 17.7 Å². The zero-order chi connectivity index (χ0) is 33.3. The van der Waals surface area contributed by atoms with E-state index in [4.69, 9.17) is 14.2 Å². The predicted octanol–water partition coefficient (Wildman–Crippen LogP) is 2.94. The molecule has 3 saturated heterocycles. The Balaban J connectivity index is 1.65. The summed E-state index contributed by atoms with van der Waals surface area (Å²) in [7, 11) is 1.50. The van der Waals surface area contributed by atoms with Gasteiger partial charge >= 0.3 is 5.97 Å². The Morgan fingerprint density at radius 1 is 1.22 bits per heavy atom. The van der Waals surface area contributed by atoms with E-state index < -0.39 is 53.6 Å². The van der Waals surface area contributed by atoms with E-state index in [1.807, 2.05) is 18.2 Å². The number of aliphatic hydroxyl groups is 1. The van der Waals surface area contributed by atoms with Crippen LogP contribution < -0.4 is 5.32 Å². The molecule has 46 heavy (non-hydrogen) atoms. The fraction of sp³-hybridized carbons (Fsp3) is 0.600. The summed E-state index contributed by atoms with van der Waals surface area (Å²) in [6.45, 7) is 10.1. The fourth-order valence-electron chi connectivity index (χ4n) is 7.35. The SMILES string of the molecule is C=CCCC(=O)N[C@@H](COC)[C@@H](OC(=O)[C@@H]1[C@H]2C(=O)N(CCO)[C@H](C(=O)N(CC=C)CCCCC)[C@]23CC[C@H]1O3)c1ccccc1. The number of nitrogens with zero attached hydrogens (tertiary/aromatic N) is 2. The van der Waals surface area contributed by atoms with Crippen molar-refractivity contribution in [3.8, 4) is 0 Å². The van der Waals surface area contributed by atoms with Gasteiger partial charge in [-0.2, -0.15) is 0 Å². The molecule has 3 amide bonds. The topological polar surface area (TPSA) is 135 Å². The first kappa shape index (κ1) is 35.3. The van der Waals surface area contributed by atoms with E-state index in [1.165, 1.54) is 12.0 Å². The van der Waals surface area contributed by atoms with E-state index in [0.717, 1.165) is 19.3 Å². The van der Waals surface area contributed by atoms with Crippen molar-refractivity contribution < 1.29 is 38.5 Å². The largest absolute Gasteiger partial charge is 0.455 e. The van der Waals surface area contributed by atoms with Crippen LogP contribution >= 0.6 is 0 Å². The Bertz CT molecular complexity index is 1240. The minimum absolute atomic E-state index is 0.0561. The summed E-state index contributed by atoms with van der Waals surface area (Å²) in [5.74, 6) is -3.44. The number of rotatable bonds is 19. The van der Waals surface area contributed by atoms with Gasteiger partial charge in [0.25, 0.3) is 0 Å². The monoisotopic (exact) mass is 639 g/mol. The van der Waals surface area contributed by atoms with Gasteiger partial charge in [-0.3, -0.25) is 19.2 Å². The molecule has 3 fully saturated rings. The Morgan fingerprint density at radius 2 is 1.98 bits per heavy atom. The van der Waals surface area contributed by atoms with Crippen LogP contribution in [0, 0.1) is 11.8 Å². The van der Waals surface area contributed by atoms with Crippen LogP contribution in [0.1, 0.15) is 63.5 Å². The number of unbranched alkanes of at least 4 members (excludes halogenated alkanes) is 2. The Kier molecular flexibility index (Phi) is 12.5. The highest BCUT2D eigenvalue weighted by Crippen LogP contribution is 2.59. The van der Waals surface area contributed by atoms with Crippen LogP contribution in [0.5, 0.6) is 0 Å². The van der Waals surface area contributed by atoms with Gasteiger partial charge in [-0.05, 0) is 31.2 Å². The number of aliphatic hydroxyl groups excluding tert-OH is 1. The molecule has 2 bridgehead atoms. The van der Waals surface area contributed by atoms with Crippen LogP contribution in [0.2, 0.25) is 0 Å². The molecule has 4 rings (SSSR count). The predicted molar refractivity (Wildman–Crippen MR) is 171 cm³/mol. The highest BCUT2D eigenvalue weighted by molar-refractivity contribution is 5.98. The quantitative estimate of drug-likeness (QED) is 0.134. The van der Waals surface area contributed by atoms with Crippen molar-refractivity contribution in [3.63, 3.8) is 0 Å². The molecule has 3 heterocycles. The number of ether oxygens (including phenoxy) is 3. The van der Waals surface area contributed by atoms with Crippen molar-refractivity contribution in [2.75, 3.05) is 40.0 Å². The summed E-state index contributed by atoms with van der Waals surface area (Å²) in [6.07, 6.45) is 6.15. The summed E-state index contributed by atoms with van der Waals surface area (Å²) in [5, 5.41) is 12.9. The maximum Gasteiger partial charge on any atom is 0.313 e. The van der Waals surface area contributed by atoms with Gasteiger partial charge in [0, 0.05) is 33.2 Å². The number of hydrogen-bond donors (Lipinski definition) is 2. The summed E-state index contributed by atoms with van der Waals surface area (Å²) < 4.78 is 18.2. The smallest absolute Gasteiger partial charge is 0.313 e. The minimum Gasteiger partial charge on any atom is -0.455 e. The lowest BCUT2D eigenvalue weighted by atomic mass is 9.70. The molecule has 3 aliphatic heterocycles. The van der Waals surface area contributed by atoms with Gasteiger partial charge in [-0.15, -0.1) is 13.2 Å². The maximum absolute atomic E-state index is 14.2. The number of carbonyl (C=O) groups excluding carboxylic acids is 4. The van der Waals surface area contributed by atoms with Gasteiger partial charge in [0.15, 0.2) is 0 Å². The van der Waals surface area contributed by atoms with E-state index in [9.17, 15) is 24.3 Å². The van der Waals surface area contributed by atoms with Gasteiger partial charge in [-0.1, -0.05) is 62.2 Å². The summed E-state index contributed by atoms with van der Waals surface area (Å²) in [4.78, 5) is 58.4. The summed E-state index contributed by atoms with van der Waals surface area (Å²) in [5.41, 5.74) is -0.560. The third kappa shape index (κ3) is 7.21. The highest BCUT2D eigenvalue weighted by atomic mass is 16.6. The normalized spacial score (nSPS) is 25.9. The average molecular weight is 640 g/mol. The fourth-order valence-corrected chi connectivity index (χ4v) is 7.35. The number of esters is 1. The molecule has 0 aromatic heterocycles. The molecule has 1 aromatic carbocycles. The van der Waals surface area contributed by atoms with E-state index >= 15 is 0 Å². The van der Waals surface area contributed by atoms with Gasteiger partial charge in [-0.25, -0.2) is 0 Å². The van der Waals surface area contributed by atoms with Crippen LogP contribution in [0.25, 0.3) is 0 Å². The number of carbonyl (C=O) groups is 4. The Morgan fingerprint density at radius 3 is 2.63 bits per heavy atom. The summed E-state index contributed by atoms with van der Waals surface area (Å²) >= 11 is 0. The Hall–Kier alpha value is -3.54. The average Bonchev–Trinajstić information content (AvgIpc) is 3.70. The lowest BCUT2D eigenvalue weighted by Gasteiger charge is -2.36. The highest BCUT2D eigenvalue weighted by Gasteiger charge is 2.75. The minimum atomic E-state index is -1.21. The zero-order valence-electron chi connectivity index (χ0n) is 27.1. The van der Waals surface area contributed by atoms with E-state index in [1.54, 1.807) is 29.2 Å². The second kappa shape index (κ2) is 16.3. The van der Waals surface area contributed by atoms with Crippen LogP contribution in [0.4, 0.5) is 0 Å². The number of likely N-dealkylation sites (tertiary alicyclic amines) is 1. The first-order valence-electron chi connectivity index (χ1n) is 16.4. The second-order valence-electron chi connectivity index (χ2n) is 12.3. The van der Waals surface area contributed by atoms with Crippen molar-refractivity contribution in [2.24, 2.45) is 11.8 Å². The number of fused-ring (bicyclic) bond motifs is 1. The number of allylic oxidation sites excluding steroid dienone is 1. The molecule has 11 nitrogen and oxygen atoms in total. The molecule has 252 valence electrons.